The van der Waals surface area contributed by atoms with Gasteiger partial charge in [-0.1, -0.05) is 30.3 Å². The monoisotopic (exact) mass is 419 g/mol. The fourth-order valence-corrected chi connectivity index (χ4v) is 4.19. The number of anilines is 1. The fraction of sp³-hybridized carbons (Fsp3) is 0.280. The Morgan fingerprint density at radius 2 is 1.68 bits per heavy atom. The molecule has 3 aromatic carbocycles. The highest BCUT2D eigenvalue weighted by atomic mass is 16.5. The molecule has 0 unspecified atom stereocenters. The topological polar surface area (TPSA) is 76.1 Å². The first-order chi connectivity index (χ1) is 15.0. The van der Waals surface area contributed by atoms with Crippen LogP contribution >= 0.6 is 0 Å². The average Bonchev–Trinajstić information content (AvgIpc) is 3.09. The van der Waals surface area contributed by atoms with Crippen molar-refractivity contribution in [3.8, 4) is 11.5 Å². The molecule has 0 aliphatic carbocycles. The van der Waals surface area contributed by atoms with Crippen LogP contribution in [0.15, 0.2) is 42.5 Å². The van der Waals surface area contributed by atoms with E-state index >= 15 is 0 Å². The number of carbonyl (C=O) groups excluding carboxylic acids is 1. The van der Waals surface area contributed by atoms with Crippen LogP contribution in [0.2, 0.25) is 0 Å². The quantitative estimate of drug-likeness (QED) is 0.599. The van der Waals surface area contributed by atoms with Crippen LogP contribution in [0, 0.1) is 6.92 Å². The molecule has 0 fully saturated rings. The highest BCUT2D eigenvalue weighted by Gasteiger charge is 2.36. The number of carbonyl (C=O) groups is 2. The number of ether oxygens (including phenoxy) is 2. The van der Waals surface area contributed by atoms with E-state index in [1.165, 1.54) is 0 Å². The molecule has 4 rings (SSSR count). The summed E-state index contributed by atoms with van der Waals surface area (Å²) in [6.45, 7) is 6.99. The second-order valence-electron chi connectivity index (χ2n) is 7.50. The van der Waals surface area contributed by atoms with Crippen LogP contribution in [0.3, 0.4) is 0 Å². The van der Waals surface area contributed by atoms with E-state index in [4.69, 9.17) is 14.6 Å². The normalized spacial score (nSPS) is 12.9. The molecule has 0 radical (unpaired) electrons. The summed E-state index contributed by atoms with van der Waals surface area (Å²) in [5, 5.41) is 10.9. The van der Waals surface area contributed by atoms with E-state index in [9.17, 15) is 9.59 Å². The van der Waals surface area contributed by atoms with Gasteiger partial charge in [-0.2, -0.15) is 0 Å². The standard InChI is InChI=1S/C25H25NO5/c1-4-30-23-18-8-6-7-9-19(18)24(31-5-2)22-20(23)14-26(25(22)29)17-11-10-16(13-21(27)28)15(3)12-17/h6-12H,4-5,13-14H2,1-3H3,(H,27,28). The van der Waals surface area contributed by atoms with E-state index in [0.29, 0.717) is 36.8 Å². The van der Waals surface area contributed by atoms with Crippen LogP contribution in [-0.2, 0) is 17.8 Å². The van der Waals surface area contributed by atoms with Crippen molar-refractivity contribution in [3.05, 3.63) is 64.7 Å². The molecule has 6 nitrogen and oxygen atoms in total. The first kappa shape index (κ1) is 20.7. The molecule has 1 aliphatic rings. The molecule has 1 N–H and O–H groups in total. The van der Waals surface area contributed by atoms with Gasteiger partial charge in [0.05, 0.1) is 31.7 Å². The Bertz CT molecular complexity index is 1180. The van der Waals surface area contributed by atoms with E-state index in [1.807, 2.05) is 51.1 Å². The molecule has 6 heteroatoms. The molecule has 31 heavy (non-hydrogen) atoms. The van der Waals surface area contributed by atoms with Gasteiger partial charge in [-0.25, -0.2) is 0 Å². The molecule has 0 aromatic heterocycles. The van der Waals surface area contributed by atoms with E-state index in [-0.39, 0.29) is 12.3 Å². The maximum absolute atomic E-state index is 13.6. The van der Waals surface area contributed by atoms with Crippen molar-refractivity contribution in [2.45, 2.75) is 33.7 Å². The van der Waals surface area contributed by atoms with Gasteiger partial charge in [-0.05, 0) is 44.0 Å². The minimum absolute atomic E-state index is 0.0470. The summed E-state index contributed by atoms with van der Waals surface area (Å²) in [5.41, 5.74) is 3.65. The Balaban J connectivity index is 1.85. The van der Waals surface area contributed by atoms with Gasteiger partial charge in [-0.3, -0.25) is 9.59 Å². The van der Waals surface area contributed by atoms with Crippen molar-refractivity contribution < 1.29 is 24.2 Å². The van der Waals surface area contributed by atoms with Gasteiger partial charge in [0.1, 0.15) is 11.5 Å². The molecule has 0 saturated carbocycles. The molecule has 3 aromatic rings. The summed E-state index contributed by atoms with van der Waals surface area (Å²) < 4.78 is 12.0. The number of aryl methyl sites for hydroxylation is 1. The summed E-state index contributed by atoms with van der Waals surface area (Å²) in [6, 6.07) is 13.3. The number of hydrogen-bond acceptors (Lipinski definition) is 4. The summed E-state index contributed by atoms with van der Waals surface area (Å²) in [6.07, 6.45) is -0.0470. The van der Waals surface area contributed by atoms with Crippen molar-refractivity contribution in [2.24, 2.45) is 0 Å². The van der Waals surface area contributed by atoms with E-state index < -0.39 is 5.97 Å². The predicted octanol–water partition coefficient (Wildman–Crippen LogP) is 4.73. The van der Waals surface area contributed by atoms with Crippen LogP contribution in [0.25, 0.3) is 10.8 Å². The first-order valence-electron chi connectivity index (χ1n) is 10.4. The van der Waals surface area contributed by atoms with Crippen molar-refractivity contribution in [1.82, 2.24) is 0 Å². The summed E-state index contributed by atoms with van der Waals surface area (Å²) in [4.78, 5) is 26.3. The first-order valence-corrected chi connectivity index (χ1v) is 10.4. The molecule has 0 saturated heterocycles. The third-order valence-electron chi connectivity index (χ3n) is 5.55. The molecule has 1 amide bonds. The Kier molecular flexibility index (Phi) is 5.55. The van der Waals surface area contributed by atoms with Gasteiger partial charge in [-0.15, -0.1) is 0 Å². The molecule has 1 aliphatic heterocycles. The van der Waals surface area contributed by atoms with E-state index in [1.54, 1.807) is 17.0 Å². The maximum atomic E-state index is 13.6. The van der Waals surface area contributed by atoms with Crippen molar-refractivity contribution >= 4 is 28.3 Å². The van der Waals surface area contributed by atoms with Crippen molar-refractivity contribution in [1.29, 1.82) is 0 Å². The van der Waals surface area contributed by atoms with E-state index in [2.05, 4.69) is 0 Å². The molecule has 0 atom stereocenters. The highest BCUT2D eigenvalue weighted by molar-refractivity contribution is 6.16. The van der Waals surface area contributed by atoms with Crippen molar-refractivity contribution in [2.75, 3.05) is 18.1 Å². The number of hydrogen-bond donors (Lipinski definition) is 1. The van der Waals surface area contributed by atoms with Crippen molar-refractivity contribution in [3.63, 3.8) is 0 Å². The van der Waals surface area contributed by atoms with Crippen LogP contribution < -0.4 is 14.4 Å². The Morgan fingerprint density at radius 1 is 1.03 bits per heavy atom. The molecule has 0 spiro atoms. The lowest BCUT2D eigenvalue weighted by Crippen LogP contribution is -2.23. The molecular weight excluding hydrogens is 394 g/mol. The minimum Gasteiger partial charge on any atom is -0.493 e. The van der Waals surface area contributed by atoms with Gasteiger partial charge in [0.15, 0.2) is 0 Å². The van der Waals surface area contributed by atoms with Crippen LogP contribution in [-0.4, -0.2) is 30.2 Å². The van der Waals surface area contributed by atoms with Crippen LogP contribution in [0.1, 0.15) is 40.9 Å². The zero-order chi connectivity index (χ0) is 22.1. The Morgan fingerprint density at radius 3 is 2.29 bits per heavy atom. The van der Waals surface area contributed by atoms with Crippen LogP contribution in [0.5, 0.6) is 11.5 Å². The number of fused-ring (bicyclic) bond motifs is 2. The minimum atomic E-state index is -0.880. The van der Waals surface area contributed by atoms with Gasteiger partial charge in [0.25, 0.3) is 5.91 Å². The Hall–Kier alpha value is -3.54. The fourth-order valence-electron chi connectivity index (χ4n) is 4.19. The third kappa shape index (κ3) is 3.58. The number of benzene rings is 3. The summed E-state index contributed by atoms with van der Waals surface area (Å²) in [7, 11) is 0. The van der Waals surface area contributed by atoms with Crippen LogP contribution in [0.4, 0.5) is 5.69 Å². The van der Waals surface area contributed by atoms with Gasteiger partial charge in [0.2, 0.25) is 0 Å². The number of aliphatic carboxylic acids is 1. The number of carboxylic acids is 1. The predicted molar refractivity (Wildman–Crippen MR) is 119 cm³/mol. The maximum Gasteiger partial charge on any atom is 0.307 e. The van der Waals surface area contributed by atoms with Gasteiger partial charge in [0, 0.05) is 22.0 Å². The zero-order valence-electron chi connectivity index (χ0n) is 17.9. The number of carboxylic acid groups (broad SMARTS) is 1. The number of rotatable bonds is 7. The molecule has 1 heterocycles. The smallest absolute Gasteiger partial charge is 0.307 e. The third-order valence-corrected chi connectivity index (χ3v) is 5.55. The lowest BCUT2D eigenvalue weighted by atomic mass is 9.99. The molecule has 160 valence electrons. The number of amides is 1. The SMILES string of the molecule is CCOc1c2c(c(OCC)c3ccccc13)C(=O)N(c1ccc(CC(=O)O)c(C)c1)C2. The zero-order valence-corrected chi connectivity index (χ0v) is 17.9. The van der Waals surface area contributed by atoms with Gasteiger partial charge >= 0.3 is 5.97 Å². The molecule has 0 bridgehead atoms. The van der Waals surface area contributed by atoms with E-state index in [0.717, 1.165) is 33.2 Å². The summed E-state index contributed by atoms with van der Waals surface area (Å²) in [5.74, 6) is 0.278. The lowest BCUT2D eigenvalue weighted by molar-refractivity contribution is -0.136. The average molecular weight is 419 g/mol. The highest BCUT2D eigenvalue weighted by Crippen LogP contribution is 2.46. The Labute approximate surface area is 181 Å². The number of nitrogens with zero attached hydrogens (tertiary/aromatic N) is 1. The summed E-state index contributed by atoms with van der Waals surface area (Å²) >= 11 is 0. The lowest BCUT2D eigenvalue weighted by Gasteiger charge is -2.18. The second kappa shape index (κ2) is 8.30. The second-order valence-corrected chi connectivity index (χ2v) is 7.50. The largest absolute Gasteiger partial charge is 0.493 e. The molecular formula is C25H25NO5. The van der Waals surface area contributed by atoms with Gasteiger partial charge < -0.3 is 19.5 Å².